The summed E-state index contributed by atoms with van der Waals surface area (Å²) in [7, 11) is 0. The van der Waals surface area contributed by atoms with Crippen LogP contribution in [0.5, 0.6) is 0 Å². The number of hydrogen-bond donors (Lipinski definition) is 1. The van der Waals surface area contributed by atoms with E-state index < -0.39 is 0 Å². The van der Waals surface area contributed by atoms with Gasteiger partial charge in [0.2, 0.25) is 0 Å². The molecule has 0 saturated heterocycles. The second kappa shape index (κ2) is 7.54. The lowest BCUT2D eigenvalue weighted by Crippen LogP contribution is -2.14. The zero-order chi connectivity index (χ0) is 8.53. The van der Waals surface area contributed by atoms with E-state index in [-0.39, 0.29) is 5.97 Å². The molecule has 0 saturated carbocycles. The Labute approximate surface area is 68.1 Å². The summed E-state index contributed by atoms with van der Waals surface area (Å²) in [5.74, 6) is -0.187. The van der Waals surface area contributed by atoms with Gasteiger partial charge in [0, 0.05) is 6.92 Å². The van der Waals surface area contributed by atoms with Gasteiger partial charge in [0.15, 0.2) is 0 Å². The molecule has 0 heterocycles. The van der Waals surface area contributed by atoms with Crippen LogP contribution in [0.3, 0.4) is 0 Å². The Morgan fingerprint density at radius 1 is 1.45 bits per heavy atom. The van der Waals surface area contributed by atoms with Crippen LogP contribution in [-0.4, -0.2) is 25.7 Å². The van der Waals surface area contributed by atoms with E-state index in [0.29, 0.717) is 6.61 Å². The van der Waals surface area contributed by atoms with E-state index in [1.807, 2.05) is 0 Å². The largest absolute Gasteiger partial charge is 0.466 e. The third-order valence-electron chi connectivity index (χ3n) is 1.30. The number of esters is 1. The Hall–Kier alpha value is -0.570. The fraction of sp³-hybridized carbons (Fsp3) is 0.875. The lowest BCUT2D eigenvalue weighted by atomic mass is 10.3. The highest BCUT2D eigenvalue weighted by atomic mass is 16.5. The second-order valence-electron chi connectivity index (χ2n) is 2.40. The van der Waals surface area contributed by atoms with Crippen molar-refractivity contribution in [1.82, 2.24) is 5.32 Å². The normalized spacial score (nSPS) is 9.64. The predicted molar refractivity (Wildman–Crippen MR) is 44.4 cm³/mol. The lowest BCUT2D eigenvalue weighted by molar-refractivity contribution is -0.141. The molecule has 3 nitrogen and oxygen atoms in total. The minimum absolute atomic E-state index is 0.187. The average Bonchev–Trinajstić information content (AvgIpc) is 1.96. The molecule has 0 aliphatic heterocycles. The average molecular weight is 159 g/mol. The summed E-state index contributed by atoms with van der Waals surface area (Å²) in [4.78, 5) is 10.3. The van der Waals surface area contributed by atoms with Gasteiger partial charge in [0.05, 0.1) is 6.61 Å². The van der Waals surface area contributed by atoms with Crippen molar-refractivity contribution in [3.05, 3.63) is 0 Å². The molecule has 0 aliphatic carbocycles. The number of carbonyl (C=O) groups excluding carboxylic acids is 1. The van der Waals surface area contributed by atoms with Crippen LogP contribution >= 0.6 is 0 Å². The van der Waals surface area contributed by atoms with Crippen LogP contribution < -0.4 is 5.32 Å². The molecule has 0 atom stereocenters. The first kappa shape index (κ1) is 10.4. The molecule has 0 aromatic carbocycles. The van der Waals surface area contributed by atoms with Gasteiger partial charge in [-0.05, 0) is 25.9 Å². The Morgan fingerprint density at radius 3 is 2.73 bits per heavy atom. The van der Waals surface area contributed by atoms with Crippen molar-refractivity contribution in [3.8, 4) is 0 Å². The van der Waals surface area contributed by atoms with Crippen molar-refractivity contribution < 1.29 is 9.53 Å². The van der Waals surface area contributed by atoms with E-state index in [4.69, 9.17) is 4.74 Å². The molecule has 0 fully saturated rings. The molecular weight excluding hydrogens is 142 g/mol. The highest BCUT2D eigenvalue weighted by Gasteiger charge is 1.91. The molecular formula is C8H17NO2. The van der Waals surface area contributed by atoms with Gasteiger partial charge in [0.1, 0.15) is 0 Å². The molecule has 0 aromatic heterocycles. The third kappa shape index (κ3) is 9.43. The van der Waals surface area contributed by atoms with E-state index in [2.05, 4.69) is 12.2 Å². The second-order valence-corrected chi connectivity index (χ2v) is 2.40. The monoisotopic (exact) mass is 159 g/mol. The first-order valence-corrected chi connectivity index (χ1v) is 4.11. The van der Waals surface area contributed by atoms with E-state index in [9.17, 15) is 4.79 Å². The summed E-state index contributed by atoms with van der Waals surface area (Å²) < 4.78 is 4.76. The molecule has 3 heteroatoms. The number of carbonyl (C=O) groups is 1. The maximum Gasteiger partial charge on any atom is 0.302 e. The van der Waals surface area contributed by atoms with E-state index in [1.165, 1.54) is 6.92 Å². The van der Waals surface area contributed by atoms with Gasteiger partial charge in [-0.25, -0.2) is 0 Å². The molecule has 0 bridgehead atoms. The molecule has 1 N–H and O–H groups in total. The topological polar surface area (TPSA) is 38.3 Å². The summed E-state index contributed by atoms with van der Waals surface area (Å²) in [5.41, 5.74) is 0. The number of ether oxygens (including phenoxy) is 1. The molecule has 0 unspecified atom stereocenters. The molecule has 0 aromatic rings. The minimum Gasteiger partial charge on any atom is -0.466 e. The van der Waals surface area contributed by atoms with Crippen LogP contribution in [0.2, 0.25) is 0 Å². The fourth-order valence-electron chi connectivity index (χ4n) is 0.745. The molecule has 0 amide bonds. The van der Waals surface area contributed by atoms with E-state index in [0.717, 1.165) is 25.9 Å². The predicted octanol–water partition coefficient (Wildman–Crippen LogP) is 0.939. The van der Waals surface area contributed by atoms with Crippen molar-refractivity contribution in [2.24, 2.45) is 0 Å². The number of nitrogens with one attached hydrogen (secondary N) is 1. The van der Waals surface area contributed by atoms with Gasteiger partial charge in [-0.3, -0.25) is 4.79 Å². The number of rotatable bonds is 6. The summed E-state index contributed by atoms with van der Waals surface area (Å²) in [6.45, 7) is 6.09. The quantitative estimate of drug-likeness (QED) is 0.463. The first-order chi connectivity index (χ1) is 5.27. The Morgan fingerprint density at radius 2 is 2.18 bits per heavy atom. The highest BCUT2D eigenvalue weighted by molar-refractivity contribution is 5.65. The van der Waals surface area contributed by atoms with Gasteiger partial charge in [-0.1, -0.05) is 6.92 Å². The first-order valence-electron chi connectivity index (χ1n) is 4.11. The van der Waals surface area contributed by atoms with Crippen LogP contribution in [0.15, 0.2) is 0 Å². The summed E-state index contributed by atoms with van der Waals surface area (Å²) in [6.07, 6.45) is 2.02. The number of unbranched alkanes of at least 4 members (excludes halogenated alkanes) is 1. The van der Waals surface area contributed by atoms with Crippen molar-refractivity contribution in [1.29, 1.82) is 0 Å². The van der Waals surface area contributed by atoms with Gasteiger partial charge in [-0.15, -0.1) is 0 Å². The maximum absolute atomic E-state index is 10.3. The van der Waals surface area contributed by atoms with Crippen LogP contribution in [0.4, 0.5) is 0 Å². The third-order valence-corrected chi connectivity index (χ3v) is 1.30. The molecule has 0 aliphatic rings. The summed E-state index contributed by atoms with van der Waals surface area (Å²) in [6, 6.07) is 0. The van der Waals surface area contributed by atoms with Gasteiger partial charge < -0.3 is 10.1 Å². The van der Waals surface area contributed by atoms with Gasteiger partial charge >= 0.3 is 5.97 Å². The van der Waals surface area contributed by atoms with Crippen LogP contribution in [0.1, 0.15) is 26.7 Å². The zero-order valence-corrected chi connectivity index (χ0v) is 7.35. The molecule has 66 valence electrons. The van der Waals surface area contributed by atoms with Crippen LogP contribution in [0, 0.1) is 0 Å². The maximum atomic E-state index is 10.3. The van der Waals surface area contributed by atoms with E-state index in [1.54, 1.807) is 0 Å². The lowest BCUT2D eigenvalue weighted by Gasteiger charge is -2.01. The standard InChI is InChI=1S/C8H17NO2/c1-3-9-6-4-5-7-11-8(2)10/h9H,3-7H2,1-2H3. The smallest absolute Gasteiger partial charge is 0.302 e. The Bertz CT molecular complexity index is 104. The Kier molecular flexibility index (Phi) is 7.15. The van der Waals surface area contributed by atoms with E-state index >= 15 is 0 Å². The zero-order valence-electron chi connectivity index (χ0n) is 7.35. The van der Waals surface area contributed by atoms with Crippen LogP contribution in [0.25, 0.3) is 0 Å². The molecule has 0 rings (SSSR count). The van der Waals surface area contributed by atoms with Crippen molar-refractivity contribution in [3.63, 3.8) is 0 Å². The highest BCUT2D eigenvalue weighted by Crippen LogP contribution is 1.88. The van der Waals surface area contributed by atoms with Crippen molar-refractivity contribution in [2.75, 3.05) is 19.7 Å². The fourth-order valence-corrected chi connectivity index (χ4v) is 0.745. The summed E-state index contributed by atoms with van der Waals surface area (Å²) >= 11 is 0. The van der Waals surface area contributed by atoms with Crippen molar-refractivity contribution in [2.45, 2.75) is 26.7 Å². The van der Waals surface area contributed by atoms with Gasteiger partial charge in [-0.2, -0.15) is 0 Å². The Balaban J connectivity index is 2.85. The molecule has 11 heavy (non-hydrogen) atoms. The SMILES string of the molecule is CCNCCCCOC(C)=O. The summed E-state index contributed by atoms with van der Waals surface area (Å²) in [5, 5.41) is 3.20. The minimum atomic E-state index is -0.187. The van der Waals surface area contributed by atoms with Gasteiger partial charge in [0.25, 0.3) is 0 Å². The van der Waals surface area contributed by atoms with Crippen molar-refractivity contribution >= 4 is 5.97 Å². The van der Waals surface area contributed by atoms with Crippen LogP contribution in [-0.2, 0) is 9.53 Å². The number of hydrogen-bond acceptors (Lipinski definition) is 3. The molecule has 0 spiro atoms. The molecule has 0 radical (unpaired) electrons.